The Balaban J connectivity index is 1.70. The maximum absolute atomic E-state index is 13.1. The lowest BCUT2D eigenvalue weighted by atomic mass is 10.0. The second-order valence-corrected chi connectivity index (χ2v) is 7.59. The second kappa shape index (κ2) is 7.89. The van der Waals surface area contributed by atoms with Crippen LogP contribution in [0.15, 0.2) is 59.1 Å². The Morgan fingerprint density at radius 2 is 1.70 bits per heavy atom. The summed E-state index contributed by atoms with van der Waals surface area (Å²) in [6.45, 7) is 2.79. The summed E-state index contributed by atoms with van der Waals surface area (Å²) in [7, 11) is 0. The fraction of sp³-hybridized carbons (Fsp3) is 0.190. The van der Waals surface area contributed by atoms with Gasteiger partial charge < -0.3 is 15.0 Å². The minimum Gasteiger partial charge on any atom is -0.378 e. The van der Waals surface area contributed by atoms with Gasteiger partial charge in [0.2, 0.25) is 0 Å². The summed E-state index contributed by atoms with van der Waals surface area (Å²) in [6.07, 6.45) is 0. The predicted molar refractivity (Wildman–Crippen MR) is 114 cm³/mol. The van der Waals surface area contributed by atoms with E-state index in [2.05, 4.69) is 26.1 Å². The summed E-state index contributed by atoms with van der Waals surface area (Å²) in [5, 5.41) is 5.58. The SMILES string of the molecule is O=C(Nc1cccc(Cl)c1N1CCOCC1)c1cccc2c(Br)cccc12. The van der Waals surface area contributed by atoms with Crippen LogP contribution in [0, 0.1) is 0 Å². The fourth-order valence-corrected chi connectivity index (χ4v) is 4.18. The van der Waals surface area contributed by atoms with Crippen molar-refractivity contribution in [3.05, 3.63) is 69.7 Å². The van der Waals surface area contributed by atoms with Crippen LogP contribution in [0.5, 0.6) is 0 Å². The molecule has 0 atom stereocenters. The Hall–Kier alpha value is -2.08. The van der Waals surface area contributed by atoms with Crippen molar-refractivity contribution in [2.75, 3.05) is 36.5 Å². The van der Waals surface area contributed by atoms with E-state index in [1.54, 1.807) is 0 Å². The maximum atomic E-state index is 13.1. The van der Waals surface area contributed by atoms with Crippen LogP contribution in [-0.2, 0) is 4.74 Å². The summed E-state index contributed by atoms with van der Waals surface area (Å²) in [6, 6.07) is 17.2. The Labute approximate surface area is 171 Å². The van der Waals surface area contributed by atoms with Crippen molar-refractivity contribution in [1.29, 1.82) is 0 Å². The number of hydrogen-bond donors (Lipinski definition) is 1. The number of nitrogens with zero attached hydrogens (tertiary/aromatic N) is 1. The minimum absolute atomic E-state index is 0.157. The molecule has 3 aromatic rings. The van der Waals surface area contributed by atoms with Gasteiger partial charge in [-0.1, -0.05) is 57.9 Å². The number of nitrogens with one attached hydrogen (secondary N) is 1. The maximum Gasteiger partial charge on any atom is 0.256 e. The molecule has 0 aliphatic carbocycles. The summed E-state index contributed by atoms with van der Waals surface area (Å²) in [5.74, 6) is -0.157. The predicted octanol–water partition coefficient (Wildman–Crippen LogP) is 5.34. The summed E-state index contributed by atoms with van der Waals surface area (Å²) >= 11 is 10.0. The largest absolute Gasteiger partial charge is 0.378 e. The van der Waals surface area contributed by atoms with Crippen LogP contribution in [0.2, 0.25) is 5.02 Å². The van der Waals surface area contributed by atoms with Crippen LogP contribution < -0.4 is 10.2 Å². The number of benzene rings is 3. The molecule has 27 heavy (non-hydrogen) atoms. The third-order valence-corrected chi connectivity index (χ3v) is 5.67. The monoisotopic (exact) mass is 444 g/mol. The topological polar surface area (TPSA) is 41.6 Å². The highest BCUT2D eigenvalue weighted by molar-refractivity contribution is 9.10. The number of morpholine rings is 1. The van der Waals surface area contributed by atoms with Crippen LogP contribution in [-0.4, -0.2) is 32.2 Å². The zero-order valence-corrected chi connectivity index (χ0v) is 16.9. The molecule has 1 fully saturated rings. The standard InChI is InChI=1S/C21H18BrClN2O2/c22-17-7-2-4-14-15(17)5-1-6-16(14)21(26)24-19-9-3-8-18(23)20(19)25-10-12-27-13-11-25/h1-9H,10-13H2,(H,24,26). The van der Waals surface area contributed by atoms with Gasteiger partial charge in [0.15, 0.2) is 0 Å². The highest BCUT2D eigenvalue weighted by Gasteiger charge is 2.20. The van der Waals surface area contributed by atoms with E-state index in [0.29, 0.717) is 29.5 Å². The number of hydrogen-bond acceptors (Lipinski definition) is 3. The molecule has 1 aliphatic heterocycles. The first-order chi connectivity index (χ1) is 13.1. The fourth-order valence-electron chi connectivity index (χ4n) is 3.38. The third-order valence-electron chi connectivity index (χ3n) is 4.68. The Morgan fingerprint density at radius 1 is 1.00 bits per heavy atom. The lowest BCUT2D eigenvalue weighted by Gasteiger charge is -2.31. The van der Waals surface area contributed by atoms with Gasteiger partial charge in [0.1, 0.15) is 0 Å². The van der Waals surface area contributed by atoms with Gasteiger partial charge in [0, 0.05) is 23.1 Å². The molecule has 3 aromatic carbocycles. The van der Waals surface area contributed by atoms with Crippen molar-refractivity contribution in [2.45, 2.75) is 0 Å². The smallest absolute Gasteiger partial charge is 0.256 e. The Morgan fingerprint density at radius 3 is 2.52 bits per heavy atom. The number of fused-ring (bicyclic) bond motifs is 1. The molecule has 1 saturated heterocycles. The van der Waals surface area contributed by atoms with E-state index in [4.69, 9.17) is 16.3 Å². The molecule has 0 bridgehead atoms. The first-order valence-corrected chi connectivity index (χ1v) is 9.92. The molecule has 1 N–H and O–H groups in total. The van der Waals surface area contributed by atoms with E-state index < -0.39 is 0 Å². The van der Waals surface area contributed by atoms with Crippen molar-refractivity contribution in [1.82, 2.24) is 0 Å². The second-order valence-electron chi connectivity index (χ2n) is 6.33. The van der Waals surface area contributed by atoms with Crippen LogP contribution in [0.3, 0.4) is 0 Å². The van der Waals surface area contributed by atoms with Crippen molar-refractivity contribution in [3.8, 4) is 0 Å². The average molecular weight is 446 g/mol. The Bertz CT molecular complexity index is 1000. The number of carbonyl (C=O) groups excluding carboxylic acids is 1. The van der Waals surface area contributed by atoms with Gasteiger partial charge in [0.05, 0.1) is 29.6 Å². The van der Waals surface area contributed by atoms with Crippen molar-refractivity contribution >= 4 is 55.6 Å². The molecule has 4 nitrogen and oxygen atoms in total. The van der Waals surface area contributed by atoms with Gasteiger partial charge in [-0.25, -0.2) is 0 Å². The van der Waals surface area contributed by atoms with Crippen LogP contribution in [0.4, 0.5) is 11.4 Å². The van der Waals surface area contributed by atoms with E-state index in [1.165, 1.54) is 0 Å². The molecule has 0 unspecified atom stereocenters. The third kappa shape index (κ3) is 3.68. The molecule has 1 aliphatic rings. The summed E-state index contributed by atoms with van der Waals surface area (Å²) < 4.78 is 6.40. The molecule has 4 rings (SSSR count). The van der Waals surface area contributed by atoms with E-state index >= 15 is 0 Å². The highest BCUT2D eigenvalue weighted by atomic mass is 79.9. The van der Waals surface area contributed by atoms with E-state index in [0.717, 1.165) is 34.0 Å². The first kappa shape index (κ1) is 18.3. The highest BCUT2D eigenvalue weighted by Crippen LogP contribution is 2.35. The number of para-hydroxylation sites is 1. The minimum atomic E-state index is -0.157. The Kier molecular flexibility index (Phi) is 5.34. The molecule has 1 amide bonds. The molecule has 6 heteroatoms. The molecule has 0 spiro atoms. The number of amides is 1. The van der Waals surface area contributed by atoms with Crippen LogP contribution in [0.1, 0.15) is 10.4 Å². The summed E-state index contributed by atoms with van der Waals surface area (Å²) in [5.41, 5.74) is 2.18. The molecular weight excluding hydrogens is 428 g/mol. The lowest BCUT2D eigenvalue weighted by Crippen LogP contribution is -2.37. The molecule has 0 radical (unpaired) electrons. The molecule has 1 heterocycles. The molecule has 0 saturated carbocycles. The number of ether oxygens (including phenoxy) is 1. The van der Waals surface area contributed by atoms with Gasteiger partial charge >= 0.3 is 0 Å². The van der Waals surface area contributed by atoms with Gasteiger partial charge in [-0.05, 0) is 35.0 Å². The van der Waals surface area contributed by atoms with Gasteiger partial charge in [-0.15, -0.1) is 0 Å². The molecular formula is C21H18BrClN2O2. The van der Waals surface area contributed by atoms with Gasteiger partial charge in [-0.2, -0.15) is 0 Å². The molecule has 0 aromatic heterocycles. The zero-order chi connectivity index (χ0) is 18.8. The number of anilines is 2. The number of carbonyl (C=O) groups is 1. The van der Waals surface area contributed by atoms with E-state index in [-0.39, 0.29) is 5.91 Å². The van der Waals surface area contributed by atoms with Crippen molar-refractivity contribution in [2.24, 2.45) is 0 Å². The van der Waals surface area contributed by atoms with Gasteiger partial charge in [0.25, 0.3) is 5.91 Å². The summed E-state index contributed by atoms with van der Waals surface area (Å²) in [4.78, 5) is 15.2. The van der Waals surface area contributed by atoms with E-state index in [1.807, 2.05) is 54.6 Å². The first-order valence-electron chi connectivity index (χ1n) is 8.75. The number of rotatable bonds is 3. The van der Waals surface area contributed by atoms with Crippen molar-refractivity contribution in [3.63, 3.8) is 0 Å². The zero-order valence-electron chi connectivity index (χ0n) is 14.5. The van der Waals surface area contributed by atoms with Crippen LogP contribution in [0.25, 0.3) is 10.8 Å². The van der Waals surface area contributed by atoms with Crippen LogP contribution >= 0.6 is 27.5 Å². The van der Waals surface area contributed by atoms with Crippen molar-refractivity contribution < 1.29 is 9.53 Å². The quantitative estimate of drug-likeness (QED) is 0.591. The normalized spacial score (nSPS) is 14.4. The molecule has 138 valence electrons. The number of halogens is 2. The lowest BCUT2D eigenvalue weighted by molar-refractivity contribution is 0.102. The average Bonchev–Trinajstić information content (AvgIpc) is 2.69. The van der Waals surface area contributed by atoms with E-state index in [9.17, 15) is 4.79 Å². The van der Waals surface area contributed by atoms with Gasteiger partial charge in [-0.3, -0.25) is 4.79 Å².